The molecule has 3 nitrogen and oxygen atoms in total. The molecule has 0 aliphatic carbocycles. The van der Waals surface area contributed by atoms with Crippen LogP contribution in [0.15, 0.2) is 48.8 Å². The minimum absolute atomic E-state index is 0.997. The van der Waals surface area contributed by atoms with E-state index in [1.54, 1.807) is 0 Å². The zero-order valence-corrected chi connectivity index (χ0v) is 13.0. The number of aromatic nitrogens is 1. The summed E-state index contributed by atoms with van der Waals surface area (Å²) in [5, 5.41) is 3.18. The normalized spacial score (nSPS) is 11.0. The van der Waals surface area contributed by atoms with Gasteiger partial charge in [-0.15, -0.1) is 0 Å². The Balaban J connectivity index is 1.78. The highest BCUT2D eigenvalue weighted by molar-refractivity contribution is 5.22. The fourth-order valence-electron chi connectivity index (χ4n) is 2.34. The van der Waals surface area contributed by atoms with E-state index in [9.17, 15) is 0 Å². The van der Waals surface area contributed by atoms with Crippen molar-refractivity contribution in [3.63, 3.8) is 0 Å². The monoisotopic (exact) mass is 283 g/mol. The minimum atomic E-state index is 0.997. The van der Waals surface area contributed by atoms with Crippen LogP contribution in [0.3, 0.4) is 0 Å². The molecule has 0 bridgehead atoms. The molecule has 3 heteroatoms. The third-order valence-corrected chi connectivity index (χ3v) is 3.67. The number of hydrogen-bond donors (Lipinski definition) is 1. The summed E-state index contributed by atoms with van der Waals surface area (Å²) in [5.41, 5.74) is 4.12. The first-order valence-electron chi connectivity index (χ1n) is 7.58. The van der Waals surface area contributed by atoms with Crippen LogP contribution >= 0.6 is 0 Å². The second-order valence-electron chi connectivity index (χ2n) is 5.51. The highest BCUT2D eigenvalue weighted by Crippen LogP contribution is 2.08. The van der Waals surface area contributed by atoms with Crippen molar-refractivity contribution in [2.24, 2.45) is 0 Å². The first-order chi connectivity index (χ1) is 10.3. The van der Waals surface area contributed by atoms with Gasteiger partial charge in [-0.25, -0.2) is 0 Å². The lowest BCUT2D eigenvalue weighted by molar-refractivity contribution is 0.331. The van der Waals surface area contributed by atoms with Gasteiger partial charge in [0.25, 0.3) is 0 Å². The summed E-state index contributed by atoms with van der Waals surface area (Å²) in [7, 11) is 4.17. The van der Waals surface area contributed by atoms with Crippen LogP contribution in [-0.2, 0) is 19.4 Å². The van der Waals surface area contributed by atoms with E-state index < -0.39 is 0 Å². The molecule has 0 fully saturated rings. The second-order valence-corrected chi connectivity index (χ2v) is 5.51. The molecule has 112 valence electrons. The summed E-state index contributed by atoms with van der Waals surface area (Å²) in [6.45, 7) is 3.09. The lowest BCUT2D eigenvalue weighted by Crippen LogP contribution is -2.20. The Labute approximate surface area is 128 Å². The van der Waals surface area contributed by atoms with Crippen molar-refractivity contribution in [2.45, 2.75) is 19.4 Å². The maximum absolute atomic E-state index is 4.05. The lowest BCUT2D eigenvalue weighted by atomic mass is 10.1. The van der Waals surface area contributed by atoms with E-state index in [0.29, 0.717) is 0 Å². The van der Waals surface area contributed by atoms with Gasteiger partial charge in [0.1, 0.15) is 0 Å². The predicted molar refractivity (Wildman–Crippen MR) is 88.3 cm³/mol. The molecule has 0 aliphatic rings. The van der Waals surface area contributed by atoms with E-state index in [1.807, 2.05) is 19.4 Å². The molecule has 21 heavy (non-hydrogen) atoms. The molecule has 0 saturated heterocycles. The Morgan fingerprint density at radius 2 is 1.52 bits per heavy atom. The molecule has 0 amide bonds. The molecule has 1 aromatic heterocycles. The largest absolute Gasteiger partial charge is 0.319 e. The van der Waals surface area contributed by atoms with Gasteiger partial charge in [0.15, 0.2) is 0 Å². The van der Waals surface area contributed by atoms with E-state index in [2.05, 4.69) is 58.6 Å². The maximum atomic E-state index is 4.05. The van der Waals surface area contributed by atoms with Crippen molar-refractivity contribution in [3.05, 3.63) is 65.5 Å². The van der Waals surface area contributed by atoms with Crippen molar-refractivity contribution < 1.29 is 0 Å². The molecule has 1 N–H and O–H groups in total. The molecule has 2 aromatic rings. The van der Waals surface area contributed by atoms with E-state index in [-0.39, 0.29) is 0 Å². The van der Waals surface area contributed by atoms with Crippen LogP contribution in [0.25, 0.3) is 0 Å². The zero-order chi connectivity index (χ0) is 14.9. The number of nitrogens with zero attached hydrogens (tertiary/aromatic N) is 2. The number of benzene rings is 1. The Kier molecular flexibility index (Phi) is 6.38. The maximum Gasteiger partial charge on any atom is 0.0270 e. The highest BCUT2D eigenvalue weighted by atomic mass is 15.1. The van der Waals surface area contributed by atoms with Crippen molar-refractivity contribution in [3.8, 4) is 0 Å². The number of hydrogen-bond acceptors (Lipinski definition) is 3. The summed E-state index contributed by atoms with van der Waals surface area (Å²) in [6, 6.07) is 13.1. The summed E-state index contributed by atoms with van der Waals surface area (Å²) in [4.78, 5) is 6.42. The topological polar surface area (TPSA) is 28.2 Å². The standard InChI is InChI=1S/C18H25N3/c1-19-11-7-16-3-5-18(6-4-16)15-21(2)14-10-17-8-12-20-13-9-17/h3-6,8-9,12-13,19H,7,10-11,14-15H2,1-2H3. The van der Waals surface area contributed by atoms with Crippen molar-refractivity contribution in [1.29, 1.82) is 0 Å². The van der Waals surface area contributed by atoms with E-state index in [1.165, 1.54) is 16.7 Å². The number of rotatable bonds is 8. The van der Waals surface area contributed by atoms with Crippen LogP contribution in [0, 0.1) is 0 Å². The third kappa shape index (κ3) is 5.66. The van der Waals surface area contributed by atoms with Gasteiger partial charge in [-0.05, 0) is 62.3 Å². The fourth-order valence-corrected chi connectivity index (χ4v) is 2.34. The number of pyridine rings is 1. The van der Waals surface area contributed by atoms with Gasteiger partial charge in [0, 0.05) is 25.5 Å². The number of nitrogens with one attached hydrogen (secondary N) is 1. The molecule has 2 rings (SSSR count). The van der Waals surface area contributed by atoms with E-state index in [4.69, 9.17) is 0 Å². The Morgan fingerprint density at radius 1 is 0.905 bits per heavy atom. The van der Waals surface area contributed by atoms with Crippen LogP contribution in [0.4, 0.5) is 0 Å². The molecule has 0 aliphatic heterocycles. The Morgan fingerprint density at radius 3 is 2.19 bits per heavy atom. The summed E-state index contributed by atoms with van der Waals surface area (Å²) in [5.74, 6) is 0. The predicted octanol–water partition coefficient (Wildman–Crippen LogP) is 2.52. The van der Waals surface area contributed by atoms with E-state index in [0.717, 1.165) is 32.5 Å². The summed E-state index contributed by atoms with van der Waals surface area (Å²) in [6.07, 6.45) is 5.88. The van der Waals surface area contributed by atoms with Crippen LogP contribution in [0.1, 0.15) is 16.7 Å². The highest BCUT2D eigenvalue weighted by Gasteiger charge is 2.01. The lowest BCUT2D eigenvalue weighted by Gasteiger charge is -2.17. The first-order valence-corrected chi connectivity index (χ1v) is 7.58. The van der Waals surface area contributed by atoms with Gasteiger partial charge in [-0.2, -0.15) is 0 Å². The summed E-state index contributed by atoms with van der Waals surface area (Å²) < 4.78 is 0. The molecule has 0 radical (unpaired) electrons. The van der Waals surface area contributed by atoms with Gasteiger partial charge in [0.2, 0.25) is 0 Å². The molecule has 0 unspecified atom stereocenters. The van der Waals surface area contributed by atoms with Crippen LogP contribution in [0.5, 0.6) is 0 Å². The molecule has 1 heterocycles. The average Bonchev–Trinajstić information content (AvgIpc) is 2.53. The molecule has 0 saturated carbocycles. The van der Waals surface area contributed by atoms with Gasteiger partial charge >= 0.3 is 0 Å². The van der Waals surface area contributed by atoms with Crippen LogP contribution in [0.2, 0.25) is 0 Å². The SMILES string of the molecule is CNCCc1ccc(CN(C)CCc2ccncc2)cc1. The van der Waals surface area contributed by atoms with Crippen molar-refractivity contribution >= 4 is 0 Å². The fraction of sp³-hybridized carbons (Fsp3) is 0.389. The molecule has 0 spiro atoms. The first kappa shape index (κ1) is 15.7. The zero-order valence-electron chi connectivity index (χ0n) is 13.0. The quantitative estimate of drug-likeness (QED) is 0.807. The second kappa shape index (κ2) is 8.55. The smallest absolute Gasteiger partial charge is 0.0270 e. The van der Waals surface area contributed by atoms with E-state index >= 15 is 0 Å². The van der Waals surface area contributed by atoms with Crippen LogP contribution in [-0.4, -0.2) is 37.1 Å². The summed E-state index contributed by atoms with van der Waals surface area (Å²) >= 11 is 0. The Bertz CT molecular complexity index is 508. The van der Waals surface area contributed by atoms with Gasteiger partial charge in [-0.1, -0.05) is 24.3 Å². The molecular formula is C18H25N3. The van der Waals surface area contributed by atoms with Gasteiger partial charge in [-0.3, -0.25) is 4.98 Å². The molecule has 1 aromatic carbocycles. The average molecular weight is 283 g/mol. The Hall–Kier alpha value is -1.71. The van der Waals surface area contributed by atoms with Crippen LogP contribution < -0.4 is 5.32 Å². The molecule has 0 atom stereocenters. The minimum Gasteiger partial charge on any atom is -0.319 e. The van der Waals surface area contributed by atoms with Gasteiger partial charge in [0.05, 0.1) is 0 Å². The van der Waals surface area contributed by atoms with Crippen molar-refractivity contribution in [2.75, 3.05) is 27.2 Å². The molecular weight excluding hydrogens is 258 g/mol. The van der Waals surface area contributed by atoms with Crippen molar-refractivity contribution in [1.82, 2.24) is 15.2 Å². The van der Waals surface area contributed by atoms with Gasteiger partial charge < -0.3 is 10.2 Å². The third-order valence-electron chi connectivity index (χ3n) is 3.67. The number of likely N-dealkylation sites (N-methyl/N-ethyl adjacent to an activating group) is 2.